The molecule has 1 heteroatoms. The zero-order valence-electron chi connectivity index (χ0n) is 21.6. The molecule has 0 bridgehead atoms. The van der Waals surface area contributed by atoms with Crippen molar-refractivity contribution >= 4 is 16.8 Å². The number of fused-ring (bicyclic) bond motifs is 2. The molecule has 0 spiro atoms. The van der Waals surface area contributed by atoms with Crippen LogP contribution in [0.3, 0.4) is 0 Å². The molecule has 4 aromatic rings. The van der Waals surface area contributed by atoms with Crippen molar-refractivity contribution in [2.75, 3.05) is 6.61 Å². The highest BCUT2D eigenvalue weighted by atomic mass is 16.5. The Labute approximate surface area is 221 Å². The summed E-state index contributed by atoms with van der Waals surface area (Å²) in [5.41, 5.74) is 5.82. The van der Waals surface area contributed by atoms with Gasteiger partial charge in [0.05, 0.1) is 6.61 Å². The zero-order chi connectivity index (χ0) is 24.6. The molecule has 0 saturated heterocycles. The summed E-state index contributed by atoms with van der Waals surface area (Å²) in [5, 5.41) is 2.67. The van der Waals surface area contributed by atoms with E-state index in [-0.39, 0.29) is 0 Å². The lowest BCUT2D eigenvalue weighted by molar-refractivity contribution is 0.209. The lowest BCUT2D eigenvalue weighted by Crippen LogP contribution is -2.15. The van der Waals surface area contributed by atoms with Crippen molar-refractivity contribution in [2.45, 2.75) is 50.4 Å². The first-order valence-corrected chi connectivity index (χ1v) is 14.3. The van der Waals surface area contributed by atoms with Crippen molar-refractivity contribution in [3.05, 3.63) is 119 Å². The second kappa shape index (κ2) is 9.86. The predicted molar refractivity (Wildman–Crippen MR) is 154 cm³/mol. The molecule has 1 nitrogen and oxygen atoms in total. The lowest BCUT2D eigenvalue weighted by atomic mass is 9.85. The summed E-state index contributed by atoms with van der Waals surface area (Å²) >= 11 is 0. The highest BCUT2D eigenvalue weighted by Crippen LogP contribution is 2.65. The summed E-state index contributed by atoms with van der Waals surface area (Å²) in [5.74, 6) is 4.06. The van der Waals surface area contributed by atoms with Crippen molar-refractivity contribution in [2.24, 2.45) is 17.8 Å². The second-order valence-corrected chi connectivity index (χ2v) is 11.5. The van der Waals surface area contributed by atoms with E-state index in [1.807, 2.05) is 0 Å². The van der Waals surface area contributed by atoms with Gasteiger partial charge in [-0.3, -0.25) is 0 Å². The molecule has 4 atom stereocenters. The van der Waals surface area contributed by atoms with Crippen LogP contribution in [-0.2, 0) is 6.42 Å². The minimum absolute atomic E-state index is 0.550. The predicted octanol–water partition coefficient (Wildman–Crippen LogP) is 9.18. The molecular weight excluding hydrogens is 448 g/mol. The van der Waals surface area contributed by atoms with Crippen LogP contribution >= 0.6 is 0 Å². The summed E-state index contributed by atoms with van der Waals surface area (Å²) in [6.07, 6.45) is 12.8. The molecule has 0 aliphatic heterocycles. The van der Waals surface area contributed by atoms with Gasteiger partial charge in [-0.1, -0.05) is 110 Å². The molecule has 186 valence electrons. The number of hydrogen-bond acceptors (Lipinski definition) is 1. The van der Waals surface area contributed by atoms with Crippen molar-refractivity contribution in [3.63, 3.8) is 0 Å². The number of hydrogen-bond donors (Lipinski definition) is 0. The third kappa shape index (κ3) is 4.61. The third-order valence-corrected chi connectivity index (χ3v) is 9.24. The quantitative estimate of drug-likeness (QED) is 0.265. The first-order valence-electron chi connectivity index (χ1n) is 14.3. The van der Waals surface area contributed by atoms with Gasteiger partial charge in [0.15, 0.2) is 0 Å². The molecule has 3 aliphatic rings. The molecule has 37 heavy (non-hydrogen) atoms. The van der Waals surface area contributed by atoms with E-state index in [1.54, 1.807) is 0 Å². The first-order chi connectivity index (χ1) is 18.3. The molecule has 0 radical (unpaired) electrons. The fourth-order valence-corrected chi connectivity index (χ4v) is 7.19. The van der Waals surface area contributed by atoms with Crippen LogP contribution < -0.4 is 4.74 Å². The first kappa shape index (κ1) is 22.8. The Balaban J connectivity index is 1.15. The highest BCUT2D eigenvalue weighted by molar-refractivity contribution is 5.83. The SMILES string of the molecule is C1=CC(C2C(c3ccc(OCC4CCCCC4)cc3)C2c2ccc3ccccc3c2)Cc2ccccc21. The Bertz CT molecular complexity index is 1410. The number of benzene rings is 4. The van der Waals surface area contributed by atoms with Crippen LogP contribution in [0.5, 0.6) is 5.75 Å². The smallest absolute Gasteiger partial charge is 0.119 e. The van der Waals surface area contributed by atoms with Gasteiger partial charge in [0.2, 0.25) is 0 Å². The van der Waals surface area contributed by atoms with Gasteiger partial charge in [0, 0.05) is 0 Å². The molecule has 0 heterocycles. The Morgan fingerprint density at radius 2 is 1.41 bits per heavy atom. The maximum Gasteiger partial charge on any atom is 0.119 e. The molecule has 0 aromatic heterocycles. The molecular formula is C36H36O. The van der Waals surface area contributed by atoms with Crippen molar-refractivity contribution in [3.8, 4) is 5.75 Å². The average molecular weight is 485 g/mol. The van der Waals surface area contributed by atoms with E-state index in [9.17, 15) is 0 Å². The number of ether oxygens (including phenoxy) is 1. The van der Waals surface area contributed by atoms with Crippen LogP contribution in [0.25, 0.3) is 16.8 Å². The molecule has 2 fully saturated rings. The largest absolute Gasteiger partial charge is 0.493 e. The van der Waals surface area contributed by atoms with E-state index in [4.69, 9.17) is 4.74 Å². The molecule has 0 amide bonds. The monoisotopic (exact) mass is 484 g/mol. The van der Waals surface area contributed by atoms with E-state index in [1.165, 1.54) is 65.1 Å². The lowest BCUT2D eigenvalue weighted by Gasteiger charge is -2.21. The van der Waals surface area contributed by atoms with Gasteiger partial charge in [-0.05, 0) is 94.0 Å². The van der Waals surface area contributed by atoms with Crippen LogP contribution in [0, 0.1) is 17.8 Å². The minimum Gasteiger partial charge on any atom is -0.493 e. The number of rotatable bonds is 6. The summed E-state index contributed by atoms with van der Waals surface area (Å²) in [6.45, 7) is 0.872. The van der Waals surface area contributed by atoms with Crippen molar-refractivity contribution < 1.29 is 4.74 Å². The normalized spacial score (nSPS) is 25.1. The maximum atomic E-state index is 6.23. The molecule has 4 unspecified atom stereocenters. The van der Waals surface area contributed by atoms with E-state index < -0.39 is 0 Å². The van der Waals surface area contributed by atoms with Gasteiger partial charge in [-0.15, -0.1) is 0 Å². The fraction of sp³-hybridized carbons (Fsp3) is 0.333. The van der Waals surface area contributed by atoms with E-state index in [0.29, 0.717) is 23.7 Å². The topological polar surface area (TPSA) is 9.23 Å². The maximum absolute atomic E-state index is 6.23. The van der Waals surface area contributed by atoms with Crippen LogP contribution in [-0.4, -0.2) is 6.61 Å². The van der Waals surface area contributed by atoms with Gasteiger partial charge in [0.25, 0.3) is 0 Å². The molecule has 2 saturated carbocycles. The van der Waals surface area contributed by atoms with Gasteiger partial charge in [-0.2, -0.15) is 0 Å². The van der Waals surface area contributed by atoms with Gasteiger partial charge < -0.3 is 4.74 Å². The third-order valence-electron chi connectivity index (χ3n) is 9.24. The van der Waals surface area contributed by atoms with E-state index in [2.05, 4.69) is 103 Å². The van der Waals surface area contributed by atoms with Gasteiger partial charge in [0.1, 0.15) is 5.75 Å². The Kier molecular flexibility index (Phi) is 6.09. The summed E-state index contributed by atoms with van der Waals surface area (Å²) in [6, 6.07) is 33.9. The highest BCUT2D eigenvalue weighted by Gasteiger charge is 2.54. The zero-order valence-corrected chi connectivity index (χ0v) is 21.6. The summed E-state index contributed by atoms with van der Waals surface area (Å²) in [7, 11) is 0. The van der Waals surface area contributed by atoms with Gasteiger partial charge in [-0.25, -0.2) is 0 Å². The average Bonchev–Trinajstić information content (AvgIpc) is 3.72. The van der Waals surface area contributed by atoms with Gasteiger partial charge >= 0.3 is 0 Å². The standard InChI is InChI=1S/C36H36O/c1-2-8-25(9-3-1)24-37-33-20-18-28(19-21-33)34-35(31-16-14-26-10-4-6-12-29(26)22-31)36(34)32-17-15-27-11-5-7-13-30(27)23-32/h4-7,10-22,25,32,34-36H,1-3,8-9,23-24H2. The minimum atomic E-state index is 0.550. The van der Waals surface area contributed by atoms with Crippen LogP contribution in [0.15, 0.2) is 97.1 Å². The van der Waals surface area contributed by atoms with Crippen molar-refractivity contribution in [1.82, 2.24) is 0 Å². The summed E-state index contributed by atoms with van der Waals surface area (Å²) in [4.78, 5) is 0. The molecule has 4 aromatic carbocycles. The molecule has 0 N–H and O–H groups in total. The molecule has 3 aliphatic carbocycles. The Hall–Kier alpha value is -3.32. The van der Waals surface area contributed by atoms with Crippen molar-refractivity contribution in [1.29, 1.82) is 0 Å². The fourth-order valence-electron chi connectivity index (χ4n) is 7.19. The second-order valence-electron chi connectivity index (χ2n) is 11.5. The van der Waals surface area contributed by atoms with Crippen LogP contribution in [0.1, 0.15) is 66.2 Å². The number of allylic oxidation sites excluding steroid dienone is 1. The van der Waals surface area contributed by atoms with Crippen LogP contribution in [0.4, 0.5) is 0 Å². The van der Waals surface area contributed by atoms with Crippen LogP contribution in [0.2, 0.25) is 0 Å². The summed E-state index contributed by atoms with van der Waals surface area (Å²) < 4.78 is 6.23. The van der Waals surface area contributed by atoms with E-state index >= 15 is 0 Å². The Morgan fingerprint density at radius 1 is 0.676 bits per heavy atom. The Morgan fingerprint density at radius 3 is 2.27 bits per heavy atom. The van der Waals surface area contributed by atoms with E-state index in [0.717, 1.165) is 24.7 Å². The molecule has 7 rings (SSSR count).